The Kier molecular flexibility index (Phi) is 3.78. The molecule has 1 N–H and O–H groups in total. The number of ether oxygens (including phenoxy) is 1. The standard InChI is InChI=1S/C13H18FNO/c1-16-13-6-5-10(9-12(13)14)8-11-4-2-3-7-15-11/h5-6,9,11,15H,2-4,7-8H2,1H3. The summed E-state index contributed by atoms with van der Waals surface area (Å²) in [5.74, 6) is 0.0520. The van der Waals surface area contributed by atoms with Crippen molar-refractivity contribution in [3.8, 4) is 5.75 Å². The summed E-state index contributed by atoms with van der Waals surface area (Å²) in [4.78, 5) is 0. The van der Waals surface area contributed by atoms with Gasteiger partial charge in [-0.1, -0.05) is 12.5 Å². The number of hydrogen-bond acceptors (Lipinski definition) is 2. The number of benzene rings is 1. The van der Waals surface area contributed by atoms with E-state index in [4.69, 9.17) is 4.74 Å². The number of halogens is 1. The summed E-state index contributed by atoms with van der Waals surface area (Å²) in [7, 11) is 1.49. The van der Waals surface area contributed by atoms with E-state index in [1.54, 1.807) is 12.1 Å². The third-order valence-electron chi connectivity index (χ3n) is 3.11. The molecule has 2 nitrogen and oxygen atoms in total. The van der Waals surface area contributed by atoms with Crippen molar-refractivity contribution in [2.24, 2.45) is 0 Å². The lowest BCUT2D eigenvalue weighted by Crippen LogP contribution is -2.35. The summed E-state index contributed by atoms with van der Waals surface area (Å²) in [6, 6.07) is 5.72. The molecule has 1 aromatic rings. The minimum absolute atomic E-state index is 0.268. The normalized spacial score (nSPS) is 20.8. The molecule has 1 aromatic carbocycles. The second kappa shape index (κ2) is 5.30. The number of piperidine rings is 1. The molecule has 1 fully saturated rings. The maximum atomic E-state index is 13.5. The first-order valence-corrected chi connectivity index (χ1v) is 5.85. The predicted molar refractivity (Wildman–Crippen MR) is 62.3 cm³/mol. The molecule has 1 unspecified atom stereocenters. The Labute approximate surface area is 95.8 Å². The van der Waals surface area contributed by atoms with Gasteiger partial charge in [0.25, 0.3) is 0 Å². The van der Waals surface area contributed by atoms with Crippen molar-refractivity contribution in [3.05, 3.63) is 29.6 Å². The third-order valence-corrected chi connectivity index (χ3v) is 3.11. The van der Waals surface area contributed by atoms with Crippen LogP contribution in [0.25, 0.3) is 0 Å². The van der Waals surface area contributed by atoms with Crippen molar-refractivity contribution >= 4 is 0 Å². The zero-order chi connectivity index (χ0) is 11.4. The minimum Gasteiger partial charge on any atom is -0.494 e. The Morgan fingerprint density at radius 1 is 1.44 bits per heavy atom. The highest BCUT2D eigenvalue weighted by molar-refractivity contribution is 5.29. The van der Waals surface area contributed by atoms with Crippen LogP contribution >= 0.6 is 0 Å². The van der Waals surface area contributed by atoms with E-state index in [1.807, 2.05) is 6.07 Å². The predicted octanol–water partition coefficient (Wildman–Crippen LogP) is 2.52. The summed E-state index contributed by atoms with van der Waals surface area (Å²) in [5, 5.41) is 3.46. The Hall–Kier alpha value is -1.09. The van der Waals surface area contributed by atoms with Crippen molar-refractivity contribution in [2.75, 3.05) is 13.7 Å². The Morgan fingerprint density at radius 3 is 2.94 bits per heavy atom. The molecule has 0 spiro atoms. The summed E-state index contributed by atoms with van der Waals surface area (Å²) >= 11 is 0. The van der Waals surface area contributed by atoms with Gasteiger partial charge >= 0.3 is 0 Å². The van der Waals surface area contributed by atoms with Gasteiger partial charge in [0.1, 0.15) is 0 Å². The topological polar surface area (TPSA) is 21.3 Å². The molecule has 16 heavy (non-hydrogen) atoms. The summed E-state index contributed by atoms with van der Waals surface area (Å²) in [6.07, 6.45) is 4.62. The van der Waals surface area contributed by atoms with Gasteiger partial charge in [-0.3, -0.25) is 0 Å². The van der Waals surface area contributed by atoms with Gasteiger partial charge in [-0.25, -0.2) is 4.39 Å². The first-order chi connectivity index (χ1) is 7.79. The van der Waals surface area contributed by atoms with E-state index < -0.39 is 0 Å². The quantitative estimate of drug-likeness (QED) is 0.850. The number of hydrogen-bond donors (Lipinski definition) is 1. The van der Waals surface area contributed by atoms with Gasteiger partial charge < -0.3 is 10.1 Å². The number of rotatable bonds is 3. The second-order valence-electron chi connectivity index (χ2n) is 4.32. The van der Waals surface area contributed by atoms with Gasteiger partial charge in [-0.2, -0.15) is 0 Å². The summed E-state index contributed by atoms with van der Waals surface area (Å²) < 4.78 is 18.4. The molecular formula is C13H18FNO. The van der Waals surface area contributed by atoms with Gasteiger partial charge in [0.2, 0.25) is 0 Å². The first kappa shape index (κ1) is 11.4. The highest BCUT2D eigenvalue weighted by atomic mass is 19.1. The van der Waals surface area contributed by atoms with E-state index in [9.17, 15) is 4.39 Å². The summed E-state index contributed by atoms with van der Waals surface area (Å²) in [6.45, 7) is 1.09. The average Bonchev–Trinajstić information content (AvgIpc) is 2.31. The molecule has 0 aliphatic carbocycles. The van der Waals surface area contributed by atoms with E-state index in [-0.39, 0.29) is 5.82 Å². The van der Waals surface area contributed by atoms with Crippen LogP contribution in [-0.4, -0.2) is 19.7 Å². The van der Waals surface area contributed by atoms with E-state index in [1.165, 1.54) is 26.4 Å². The van der Waals surface area contributed by atoms with E-state index in [2.05, 4.69) is 5.32 Å². The van der Waals surface area contributed by atoms with E-state index in [0.717, 1.165) is 18.5 Å². The Morgan fingerprint density at radius 2 is 2.31 bits per heavy atom. The van der Waals surface area contributed by atoms with Crippen LogP contribution in [0.3, 0.4) is 0 Å². The zero-order valence-corrected chi connectivity index (χ0v) is 9.63. The molecular weight excluding hydrogens is 205 g/mol. The molecule has 0 saturated carbocycles. The van der Waals surface area contributed by atoms with Crippen LogP contribution in [0.2, 0.25) is 0 Å². The number of methoxy groups -OCH3 is 1. The third kappa shape index (κ3) is 2.73. The number of nitrogens with one attached hydrogen (secondary N) is 1. The van der Waals surface area contributed by atoms with Gasteiger partial charge in [-0.05, 0) is 43.5 Å². The van der Waals surface area contributed by atoms with Crippen molar-refractivity contribution in [2.45, 2.75) is 31.7 Å². The fourth-order valence-electron chi connectivity index (χ4n) is 2.22. The first-order valence-electron chi connectivity index (χ1n) is 5.85. The van der Waals surface area contributed by atoms with Crippen molar-refractivity contribution in [1.82, 2.24) is 5.32 Å². The van der Waals surface area contributed by atoms with Gasteiger partial charge in [0.15, 0.2) is 11.6 Å². The van der Waals surface area contributed by atoms with Crippen LogP contribution in [0.4, 0.5) is 4.39 Å². The lowest BCUT2D eigenvalue weighted by Gasteiger charge is -2.23. The highest BCUT2D eigenvalue weighted by Crippen LogP contribution is 2.20. The van der Waals surface area contributed by atoms with Crippen molar-refractivity contribution < 1.29 is 9.13 Å². The Balaban J connectivity index is 2.01. The van der Waals surface area contributed by atoms with Crippen LogP contribution in [0.1, 0.15) is 24.8 Å². The van der Waals surface area contributed by atoms with Gasteiger partial charge in [-0.15, -0.1) is 0 Å². The molecule has 88 valence electrons. The lowest BCUT2D eigenvalue weighted by molar-refractivity contribution is 0.383. The second-order valence-corrected chi connectivity index (χ2v) is 4.32. The minimum atomic E-state index is -0.268. The molecule has 1 atom stereocenters. The maximum Gasteiger partial charge on any atom is 0.165 e. The van der Waals surface area contributed by atoms with Crippen molar-refractivity contribution in [1.29, 1.82) is 0 Å². The molecule has 1 aliphatic rings. The highest BCUT2D eigenvalue weighted by Gasteiger charge is 2.13. The van der Waals surface area contributed by atoms with Crippen LogP contribution in [0.5, 0.6) is 5.75 Å². The summed E-state index contributed by atoms with van der Waals surface area (Å²) in [5.41, 5.74) is 1.04. The lowest BCUT2D eigenvalue weighted by atomic mass is 9.98. The molecule has 0 amide bonds. The van der Waals surface area contributed by atoms with E-state index >= 15 is 0 Å². The van der Waals surface area contributed by atoms with Crippen LogP contribution in [0.15, 0.2) is 18.2 Å². The molecule has 1 aliphatic heterocycles. The monoisotopic (exact) mass is 223 g/mol. The van der Waals surface area contributed by atoms with E-state index in [0.29, 0.717) is 11.8 Å². The molecule has 3 heteroatoms. The zero-order valence-electron chi connectivity index (χ0n) is 9.63. The maximum absolute atomic E-state index is 13.5. The molecule has 0 radical (unpaired) electrons. The molecule has 2 rings (SSSR count). The Bertz CT molecular complexity index is 348. The average molecular weight is 223 g/mol. The van der Waals surface area contributed by atoms with Gasteiger partial charge in [0.05, 0.1) is 7.11 Å². The fraction of sp³-hybridized carbons (Fsp3) is 0.538. The van der Waals surface area contributed by atoms with Crippen LogP contribution in [0, 0.1) is 5.82 Å². The fourth-order valence-corrected chi connectivity index (χ4v) is 2.22. The smallest absolute Gasteiger partial charge is 0.165 e. The van der Waals surface area contributed by atoms with Crippen LogP contribution in [-0.2, 0) is 6.42 Å². The van der Waals surface area contributed by atoms with Crippen LogP contribution < -0.4 is 10.1 Å². The van der Waals surface area contributed by atoms with Crippen molar-refractivity contribution in [3.63, 3.8) is 0 Å². The molecule has 1 saturated heterocycles. The molecule has 0 bridgehead atoms. The largest absolute Gasteiger partial charge is 0.494 e. The molecule has 0 aromatic heterocycles. The SMILES string of the molecule is COc1ccc(CC2CCCCN2)cc1F. The molecule has 1 heterocycles. The van der Waals surface area contributed by atoms with Gasteiger partial charge in [0, 0.05) is 6.04 Å².